The molecule has 2 aromatic rings. The molecule has 7 heteroatoms. The van der Waals surface area contributed by atoms with Gasteiger partial charge in [-0.05, 0) is 60.4 Å². The van der Waals surface area contributed by atoms with Gasteiger partial charge in [-0.25, -0.2) is 13.2 Å². The number of aryl methyl sites for hydroxylation is 1. The molecular weight excluding hydrogens is 346 g/mol. The Morgan fingerprint density at radius 1 is 1.33 bits per heavy atom. The summed E-state index contributed by atoms with van der Waals surface area (Å²) in [6.45, 7) is 2.78. The van der Waals surface area contributed by atoms with E-state index in [9.17, 15) is 13.2 Å². The molecule has 128 valence electrons. The van der Waals surface area contributed by atoms with Crippen LogP contribution in [0, 0.1) is 6.92 Å². The average molecular weight is 365 g/mol. The molecule has 24 heavy (non-hydrogen) atoms. The maximum Gasteiger partial charge on any atom is 0.335 e. The Labute approximate surface area is 145 Å². The Morgan fingerprint density at radius 3 is 2.79 bits per heavy atom. The molecule has 1 aliphatic rings. The second kappa shape index (κ2) is 6.66. The van der Waals surface area contributed by atoms with Crippen molar-refractivity contribution in [3.05, 3.63) is 52.4 Å². The number of sulfonamides is 1. The van der Waals surface area contributed by atoms with Crippen LogP contribution < -0.4 is 0 Å². The third-order valence-electron chi connectivity index (χ3n) is 4.29. The van der Waals surface area contributed by atoms with Crippen LogP contribution in [0.1, 0.15) is 40.2 Å². The maximum atomic E-state index is 12.8. The van der Waals surface area contributed by atoms with E-state index in [2.05, 4.69) is 0 Å². The first kappa shape index (κ1) is 17.1. The van der Waals surface area contributed by atoms with E-state index in [-0.39, 0.29) is 11.5 Å². The number of carboxylic acid groups (broad SMARTS) is 1. The minimum Gasteiger partial charge on any atom is -0.478 e. The van der Waals surface area contributed by atoms with Crippen LogP contribution >= 0.6 is 11.3 Å². The van der Waals surface area contributed by atoms with Crippen molar-refractivity contribution in [1.29, 1.82) is 0 Å². The molecule has 0 aliphatic carbocycles. The normalized spacial score (nSPS) is 19.3. The first-order valence-corrected chi connectivity index (χ1v) is 10.1. The quantitative estimate of drug-likeness (QED) is 0.902. The van der Waals surface area contributed by atoms with E-state index in [1.54, 1.807) is 24.3 Å². The van der Waals surface area contributed by atoms with Gasteiger partial charge in [0.1, 0.15) is 4.21 Å². The molecule has 5 nitrogen and oxygen atoms in total. The fourth-order valence-electron chi connectivity index (χ4n) is 3.03. The molecule has 0 spiro atoms. The number of hydrogen-bond acceptors (Lipinski definition) is 4. The highest BCUT2D eigenvalue weighted by molar-refractivity contribution is 7.91. The van der Waals surface area contributed by atoms with Crippen LogP contribution in [0.4, 0.5) is 0 Å². The molecule has 1 aliphatic heterocycles. The largest absolute Gasteiger partial charge is 0.478 e. The third-order valence-corrected chi connectivity index (χ3v) is 7.69. The molecule has 0 unspecified atom stereocenters. The zero-order chi connectivity index (χ0) is 17.3. The lowest BCUT2D eigenvalue weighted by atomic mass is 9.91. The molecule has 1 aromatic heterocycles. The van der Waals surface area contributed by atoms with Crippen LogP contribution in [-0.2, 0) is 10.0 Å². The Bertz CT molecular complexity index is 857. The molecule has 2 heterocycles. The summed E-state index contributed by atoms with van der Waals surface area (Å²) in [5, 5.41) is 11.0. The van der Waals surface area contributed by atoms with Gasteiger partial charge in [0.05, 0.1) is 5.56 Å². The van der Waals surface area contributed by atoms with Gasteiger partial charge in [0.25, 0.3) is 10.0 Å². The Balaban J connectivity index is 1.84. The summed E-state index contributed by atoms with van der Waals surface area (Å²) in [6, 6.07) is 8.50. The van der Waals surface area contributed by atoms with Crippen LogP contribution in [0.5, 0.6) is 0 Å². The number of carboxylic acids is 1. The van der Waals surface area contributed by atoms with E-state index in [1.807, 2.05) is 18.4 Å². The summed E-state index contributed by atoms with van der Waals surface area (Å²) >= 11 is 1.25. The highest BCUT2D eigenvalue weighted by Crippen LogP contribution is 2.32. The summed E-state index contributed by atoms with van der Waals surface area (Å²) in [6.07, 6.45) is 1.63. The maximum absolute atomic E-state index is 12.8. The summed E-state index contributed by atoms with van der Waals surface area (Å²) < 4.78 is 27.5. The van der Waals surface area contributed by atoms with Crippen molar-refractivity contribution in [3.8, 4) is 0 Å². The van der Waals surface area contributed by atoms with E-state index in [0.29, 0.717) is 17.3 Å². The summed E-state index contributed by atoms with van der Waals surface area (Å²) in [5.74, 6) is -0.944. The van der Waals surface area contributed by atoms with Crippen molar-refractivity contribution in [2.75, 3.05) is 13.1 Å². The highest BCUT2D eigenvalue weighted by Gasteiger charge is 2.31. The Morgan fingerprint density at radius 2 is 2.12 bits per heavy atom. The zero-order valence-electron chi connectivity index (χ0n) is 13.3. The lowest BCUT2D eigenvalue weighted by Gasteiger charge is -2.32. The molecule has 1 N–H and O–H groups in total. The van der Waals surface area contributed by atoms with E-state index in [1.165, 1.54) is 15.6 Å². The van der Waals surface area contributed by atoms with Gasteiger partial charge in [-0.1, -0.05) is 12.1 Å². The number of piperidine rings is 1. The van der Waals surface area contributed by atoms with Crippen LogP contribution in [0.3, 0.4) is 0 Å². The predicted molar refractivity (Wildman–Crippen MR) is 93.2 cm³/mol. The molecular formula is C17H19NO4S2. The van der Waals surface area contributed by atoms with Crippen molar-refractivity contribution in [2.45, 2.75) is 29.9 Å². The first-order valence-electron chi connectivity index (χ1n) is 7.76. The fraction of sp³-hybridized carbons (Fsp3) is 0.353. The van der Waals surface area contributed by atoms with Crippen LogP contribution in [0.2, 0.25) is 0 Å². The molecule has 1 atom stereocenters. The van der Waals surface area contributed by atoms with Crippen molar-refractivity contribution in [1.82, 2.24) is 4.31 Å². The summed E-state index contributed by atoms with van der Waals surface area (Å²) in [7, 11) is -3.47. The van der Waals surface area contributed by atoms with Gasteiger partial charge in [0.2, 0.25) is 0 Å². The van der Waals surface area contributed by atoms with E-state index < -0.39 is 16.0 Å². The third kappa shape index (κ3) is 3.38. The van der Waals surface area contributed by atoms with E-state index in [4.69, 9.17) is 5.11 Å². The Hall–Kier alpha value is -1.70. The van der Waals surface area contributed by atoms with Crippen molar-refractivity contribution in [2.24, 2.45) is 0 Å². The van der Waals surface area contributed by atoms with E-state index >= 15 is 0 Å². The zero-order valence-corrected chi connectivity index (χ0v) is 14.9. The van der Waals surface area contributed by atoms with Crippen LogP contribution in [0.15, 0.2) is 39.9 Å². The molecule has 0 bridgehead atoms. The highest BCUT2D eigenvalue weighted by atomic mass is 32.2. The van der Waals surface area contributed by atoms with Gasteiger partial charge in [0.15, 0.2) is 0 Å². The number of rotatable bonds is 4. The number of thiophene rings is 1. The molecule has 0 saturated carbocycles. The van der Waals surface area contributed by atoms with Gasteiger partial charge >= 0.3 is 5.97 Å². The molecule has 1 saturated heterocycles. The number of aromatic carboxylic acids is 1. The summed E-state index contributed by atoms with van der Waals surface area (Å²) in [5.41, 5.74) is 2.07. The van der Waals surface area contributed by atoms with Crippen molar-refractivity contribution >= 4 is 27.3 Å². The topological polar surface area (TPSA) is 74.7 Å². The van der Waals surface area contributed by atoms with Gasteiger partial charge in [-0.2, -0.15) is 4.31 Å². The van der Waals surface area contributed by atoms with Gasteiger partial charge in [0, 0.05) is 13.1 Å². The number of nitrogens with zero attached hydrogens (tertiary/aromatic N) is 1. The Kier molecular flexibility index (Phi) is 4.76. The van der Waals surface area contributed by atoms with Gasteiger partial charge < -0.3 is 5.11 Å². The second-order valence-corrected chi connectivity index (χ2v) is 9.15. The molecule has 0 amide bonds. The van der Waals surface area contributed by atoms with E-state index in [0.717, 1.165) is 24.0 Å². The standard InChI is InChI=1S/C17H19NO4S2/c1-12-8-16(23-11-12)24(21,22)18-7-3-6-15(10-18)13-4-2-5-14(9-13)17(19)20/h2,4-5,8-9,11,15H,3,6-7,10H2,1H3,(H,19,20)/t15-/m0/s1. The van der Waals surface area contributed by atoms with Gasteiger partial charge in [-0.3, -0.25) is 0 Å². The molecule has 1 aromatic carbocycles. The number of benzene rings is 1. The second-order valence-electron chi connectivity index (χ2n) is 6.08. The number of carbonyl (C=O) groups is 1. The summed E-state index contributed by atoms with van der Waals surface area (Å²) in [4.78, 5) is 11.1. The average Bonchev–Trinajstić information content (AvgIpc) is 3.02. The molecule has 1 fully saturated rings. The monoisotopic (exact) mass is 365 g/mol. The van der Waals surface area contributed by atoms with Crippen LogP contribution in [0.25, 0.3) is 0 Å². The molecule has 3 rings (SSSR count). The SMILES string of the molecule is Cc1csc(S(=O)(=O)N2CCC[C@H](c3cccc(C(=O)O)c3)C2)c1. The first-order chi connectivity index (χ1) is 11.4. The van der Waals surface area contributed by atoms with Crippen molar-refractivity contribution < 1.29 is 18.3 Å². The molecule has 0 radical (unpaired) electrons. The van der Waals surface area contributed by atoms with Crippen molar-refractivity contribution in [3.63, 3.8) is 0 Å². The number of hydrogen-bond donors (Lipinski definition) is 1. The smallest absolute Gasteiger partial charge is 0.335 e. The van der Waals surface area contributed by atoms with Gasteiger partial charge in [-0.15, -0.1) is 11.3 Å². The lowest BCUT2D eigenvalue weighted by molar-refractivity contribution is 0.0696. The minimum absolute atomic E-state index is 0.0221. The lowest BCUT2D eigenvalue weighted by Crippen LogP contribution is -2.38. The predicted octanol–water partition coefficient (Wildman–Crippen LogP) is 3.32. The van der Waals surface area contributed by atoms with Crippen LogP contribution in [-0.4, -0.2) is 36.9 Å². The fourth-order valence-corrected chi connectivity index (χ4v) is 5.93. The minimum atomic E-state index is -3.47.